The van der Waals surface area contributed by atoms with E-state index in [1.54, 1.807) is 6.20 Å². The zero-order chi connectivity index (χ0) is 21.4. The topological polar surface area (TPSA) is 46.0 Å². The van der Waals surface area contributed by atoms with E-state index in [2.05, 4.69) is 49.9 Å². The quantitative estimate of drug-likeness (QED) is 0.426. The van der Waals surface area contributed by atoms with E-state index >= 15 is 0 Å². The van der Waals surface area contributed by atoms with Gasteiger partial charge in [0.1, 0.15) is 6.04 Å². The molecule has 0 spiro atoms. The van der Waals surface area contributed by atoms with Crippen LogP contribution in [0.25, 0.3) is 5.69 Å². The largest absolute Gasteiger partial charge is 0.351 e. The van der Waals surface area contributed by atoms with Crippen molar-refractivity contribution >= 4 is 34.6 Å². The van der Waals surface area contributed by atoms with Gasteiger partial charge in [0.25, 0.3) is 0 Å². The van der Waals surface area contributed by atoms with E-state index in [9.17, 15) is 0 Å². The van der Waals surface area contributed by atoms with Crippen LogP contribution in [0.5, 0.6) is 0 Å². The van der Waals surface area contributed by atoms with Crippen molar-refractivity contribution in [3.05, 3.63) is 107 Å². The highest BCUT2D eigenvalue weighted by Crippen LogP contribution is 2.42. The van der Waals surface area contributed by atoms with Crippen LogP contribution in [0.3, 0.4) is 0 Å². The summed E-state index contributed by atoms with van der Waals surface area (Å²) in [6.45, 7) is 2.10. The summed E-state index contributed by atoms with van der Waals surface area (Å²) in [6.07, 6.45) is 5.47. The number of halogens is 1. The lowest BCUT2D eigenvalue weighted by atomic mass is 10.0. The molecule has 154 valence electrons. The van der Waals surface area contributed by atoms with Crippen LogP contribution in [0.2, 0.25) is 5.02 Å². The summed E-state index contributed by atoms with van der Waals surface area (Å²) in [7, 11) is 0. The molecule has 1 aliphatic heterocycles. The third-order valence-corrected chi connectivity index (χ3v) is 6.08. The molecule has 1 saturated heterocycles. The SMILES string of the molecule is Cc1ccc([C@H]2[C@H](c3ccccn3)NC(=S)N2c2ccc(Cl)cc2)n1-c1cccnc1. The molecule has 1 fully saturated rings. The molecule has 0 bridgehead atoms. The van der Waals surface area contributed by atoms with E-state index in [-0.39, 0.29) is 12.1 Å². The Balaban J connectivity index is 1.70. The van der Waals surface area contributed by atoms with E-state index in [1.165, 1.54) is 0 Å². The lowest BCUT2D eigenvalue weighted by Gasteiger charge is -2.29. The Hall–Kier alpha value is -3.22. The summed E-state index contributed by atoms with van der Waals surface area (Å²) in [5.41, 5.74) is 5.14. The molecule has 1 aliphatic rings. The molecule has 1 aromatic carbocycles. The monoisotopic (exact) mass is 445 g/mol. The highest BCUT2D eigenvalue weighted by Gasteiger charge is 2.42. The van der Waals surface area contributed by atoms with Crippen LogP contribution in [0.4, 0.5) is 5.69 Å². The maximum atomic E-state index is 6.15. The molecular weight excluding hydrogens is 426 g/mol. The Labute approximate surface area is 191 Å². The van der Waals surface area contributed by atoms with Crippen molar-refractivity contribution in [3.63, 3.8) is 0 Å². The van der Waals surface area contributed by atoms with Crippen LogP contribution in [0.1, 0.15) is 29.2 Å². The molecule has 0 saturated carbocycles. The van der Waals surface area contributed by atoms with Gasteiger partial charge < -0.3 is 14.8 Å². The first-order valence-electron chi connectivity index (χ1n) is 9.98. The van der Waals surface area contributed by atoms with Gasteiger partial charge in [-0.05, 0) is 79.8 Å². The Kier molecular flexibility index (Phi) is 5.18. The smallest absolute Gasteiger partial charge is 0.174 e. The normalized spacial score (nSPS) is 18.3. The third-order valence-electron chi connectivity index (χ3n) is 5.52. The maximum absolute atomic E-state index is 6.15. The summed E-state index contributed by atoms with van der Waals surface area (Å²) in [5, 5.41) is 4.84. The predicted molar refractivity (Wildman–Crippen MR) is 128 cm³/mol. The number of nitrogens with zero attached hydrogens (tertiary/aromatic N) is 4. The maximum Gasteiger partial charge on any atom is 0.174 e. The van der Waals surface area contributed by atoms with E-state index < -0.39 is 0 Å². The molecule has 3 aromatic heterocycles. The first-order chi connectivity index (χ1) is 15.1. The molecule has 0 radical (unpaired) electrons. The highest BCUT2D eigenvalue weighted by atomic mass is 35.5. The molecule has 5 rings (SSSR count). The van der Waals surface area contributed by atoms with Gasteiger partial charge in [0.15, 0.2) is 5.11 Å². The van der Waals surface area contributed by atoms with Gasteiger partial charge in [-0.2, -0.15) is 0 Å². The minimum Gasteiger partial charge on any atom is -0.351 e. The molecule has 1 N–H and O–H groups in total. The minimum absolute atomic E-state index is 0.113. The van der Waals surface area contributed by atoms with Crippen LogP contribution in [0.15, 0.2) is 85.3 Å². The van der Waals surface area contributed by atoms with Crippen molar-refractivity contribution in [2.45, 2.75) is 19.0 Å². The molecular formula is C24H20ClN5S. The van der Waals surface area contributed by atoms with Gasteiger partial charge in [0.05, 0.1) is 23.6 Å². The molecule has 4 heterocycles. The standard InChI is InChI=1S/C24H20ClN5S/c1-16-7-12-21(29(16)19-5-4-13-26-15-19)23-22(20-6-2-3-14-27-20)28-24(31)30(23)18-10-8-17(25)9-11-18/h2-15,22-23H,1H3,(H,28,31)/t22-,23-/m0/s1. The summed E-state index contributed by atoms with van der Waals surface area (Å²) in [5.74, 6) is 0. The van der Waals surface area contributed by atoms with E-state index in [4.69, 9.17) is 23.8 Å². The zero-order valence-corrected chi connectivity index (χ0v) is 18.4. The fourth-order valence-corrected chi connectivity index (χ4v) is 4.64. The second kappa shape index (κ2) is 8.13. The zero-order valence-electron chi connectivity index (χ0n) is 16.8. The van der Waals surface area contributed by atoms with E-state index in [0.717, 1.165) is 28.5 Å². The van der Waals surface area contributed by atoms with Crippen LogP contribution >= 0.6 is 23.8 Å². The molecule has 7 heteroatoms. The number of aryl methyl sites for hydroxylation is 1. The number of hydrogen-bond acceptors (Lipinski definition) is 3. The molecule has 2 atom stereocenters. The summed E-state index contributed by atoms with van der Waals surface area (Å²) < 4.78 is 2.23. The second-order valence-electron chi connectivity index (χ2n) is 7.42. The van der Waals surface area contributed by atoms with E-state index in [0.29, 0.717) is 10.1 Å². The molecule has 31 heavy (non-hydrogen) atoms. The summed E-state index contributed by atoms with van der Waals surface area (Å²) >= 11 is 12.0. The van der Waals surface area contributed by atoms with Gasteiger partial charge in [-0.3, -0.25) is 9.97 Å². The molecule has 4 aromatic rings. The number of pyridine rings is 2. The third kappa shape index (κ3) is 3.58. The van der Waals surface area contributed by atoms with Gasteiger partial charge in [0, 0.05) is 34.5 Å². The van der Waals surface area contributed by atoms with Gasteiger partial charge >= 0.3 is 0 Å². The second-order valence-corrected chi connectivity index (χ2v) is 8.24. The van der Waals surface area contributed by atoms with Crippen molar-refractivity contribution in [3.8, 4) is 5.69 Å². The number of rotatable bonds is 4. The van der Waals surface area contributed by atoms with Crippen LogP contribution in [0, 0.1) is 6.92 Å². The number of aromatic nitrogens is 3. The Morgan fingerprint density at radius 3 is 2.48 bits per heavy atom. The van der Waals surface area contributed by atoms with E-state index in [1.807, 2.05) is 60.9 Å². The molecule has 0 aliphatic carbocycles. The first kappa shape index (κ1) is 19.7. The number of thiocarbonyl (C=S) groups is 1. The summed E-state index contributed by atoms with van der Waals surface area (Å²) in [4.78, 5) is 11.1. The van der Waals surface area contributed by atoms with Gasteiger partial charge in [-0.15, -0.1) is 0 Å². The fourth-order valence-electron chi connectivity index (χ4n) is 4.16. The average Bonchev–Trinajstić information content (AvgIpc) is 3.35. The number of benzene rings is 1. The molecule has 0 amide bonds. The summed E-state index contributed by atoms with van der Waals surface area (Å²) in [6, 6.07) is 21.8. The number of hydrogen-bond donors (Lipinski definition) is 1. The van der Waals surface area contributed by atoms with Crippen molar-refractivity contribution < 1.29 is 0 Å². The minimum atomic E-state index is -0.117. The number of nitrogens with one attached hydrogen (secondary N) is 1. The van der Waals surface area contributed by atoms with Gasteiger partial charge in [-0.1, -0.05) is 17.7 Å². The molecule has 5 nitrogen and oxygen atoms in total. The Morgan fingerprint density at radius 2 is 1.77 bits per heavy atom. The average molecular weight is 446 g/mol. The predicted octanol–water partition coefficient (Wildman–Crippen LogP) is 5.41. The van der Waals surface area contributed by atoms with Crippen LogP contribution < -0.4 is 10.2 Å². The Morgan fingerprint density at radius 1 is 0.935 bits per heavy atom. The van der Waals surface area contributed by atoms with Gasteiger partial charge in [0.2, 0.25) is 0 Å². The van der Waals surface area contributed by atoms with Crippen molar-refractivity contribution in [1.29, 1.82) is 0 Å². The lowest BCUT2D eigenvalue weighted by Crippen LogP contribution is -2.30. The van der Waals surface area contributed by atoms with Crippen molar-refractivity contribution in [2.24, 2.45) is 0 Å². The number of anilines is 1. The van der Waals surface area contributed by atoms with Gasteiger partial charge in [-0.25, -0.2) is 0 Å². The Bertz CT molecular complexity index is 1210. The van der Waals surface area contributed by atoms with Crippen LogP contribution in [-0.2, 0) is 0 Å². The van der Waals surface area contributed by atoms with Crippen molar-refractivity contribution in [2.75, 3.05) is 4.90 Å². The van der Waals surface area contributed by atoms with Crippen LogP contribution in [-0.4, -0.2) is 19.6 Å². The molecule has 0 unspecified atom stereocenters. The lowest BCUT2D eigenvalue weighted by molar-refractivity contribution is 0.548. The fraction of sp³-hybridized carbons (Fsp3) is 0.125. The first-order valence-corrected chi connectivity index (χ1v) is 10.8. The highest BCUT2D eigenvalue weighted by molar-refractivity contribution is 7.80. The van der Waals surface area contributed by atoms with Crippen molar-refractivity contribution in [1.82, 2.24) is 19.9 Å².